The molecule has 19 heavy (non-hydrogen) atoms. The molecule has 0 bridgehead atoms. The predicted octanol–water partition coefficient (Wildman–Crippen LogP) is 3.73. The molecule has 1 aromatic rings. The Balaban J connectivity index is 2.86. The van der Waals surface area contributed by atoms with Crippen molar-refractivity contribution in [1.82, 2.24) is 0 Å². The van der Waals surface area contributed by atoms with Crippen molar-refractivity contribution < 1.29 is 14.6 Å². The second-order valence-electron chi connectivity index (χ2n) is 3.53. The number of carbonyl (C=O) groups is 1. The number of aliphatic hydroxyl groups is 1. The van der Waals surface area contributed by atoms with Crippen molar-refractivity contribution in [2.75, 3.05) is 19.6 Å². The zero-order valence-corrected chi connectivity index (χ0v) is 12.7. The Kier molecular flexibility index (Phi) is 6.59. The molecule has 0 amide bonds. The van der Waals surface area contributed by atoms with Gasteiger partial charge in [0.15, 0.2) is 5.78 Å². The first-order valence-corrected chi connectivity index (χ1v) is 7.94. The number of aliphatic hydroxyl groups excluding tert-OH is 1. The van der Waals surface area contributed by atoms with Crippen molar-refractivity contribution >= 4 is 35.1 Å². The van der Waals surface area contributed by atoms with Crippen molar-refractivity contribution in [3.8, 4) is 5.75 Å². The number of ether oxygens (including phenoxy) is 1. The molecule has 0 unspecified atom stereocenters. The molecule has 0 saturated heterocycles. The Morgan fingerprint density at radius 2 is 1.74 bits per heavy atom. The molecule has 0 aliphatic carbocycles. The van der Waals surface area contributed by atoms with Gasteiger partial charge < -0.3 is 9.84 Å². The van der Waals surface area contributed by atoms with Gasteiger partial charge in [0.2, 0.25) is 0 Å². The van der Waals surface area contributed by atoms with Gasteiger partial charge >= 0.3 is 0 Å². The minimum absolute atomic E-state index is 0.0505. The van der Waals surface area contributed by atoms with Crippen LogP contribution in [0.25, 0.3) is 5.76 Å². The van der Waals surface area contributed by atoms with E-state index in [1.807, 2.05) is 12.5 Å². The van der Waals surface area contributed by atoms with Crippen molar-refractivity contribution in [3.05, 3.63) is 46.2 Å². The lowest BCUT2D eigenvalue weighted by Crippen LogP contribution is -1.92. The SMILES string of the molecule is COc1ccc(/C(O)=C/C(=O)C=C(SC)SC)cc1. The monoisotopic (exact) mass is 296 g/mol. The molecule has 5 heteroatoms. The van der Waals surface area contributed by atoms with Crippen molar-refractivity contribution in [1.29, 1.82) is 0 Å². The quantitative estimate of drug-likeness (QED) is 0.640. The Hall–Kier alpha value is -1.33. The summed E-state index contributed by atoms with van der Waals surface area (Å²) in [4.78, 5) is 11.7. The average Bonchev–Trinajstić information content (AvgIpc) is 2.44. The topological polar surface area (TPSA) is 46.5 Å². The third-order valence-electron chi connectivity index (χ3n) is 2.33. The van der Waals surface area contributed by atoms with E-state index in [-0.39, 0.29) is 11.5 Å². The minimum Gasteiger partial charge on any atom is -0.507 e. The average molecular weight is 296 g/mol. The molecule has 1 aromatic carbocycles. The zero-order valence-electron chi connectivity index (χ0n) is 11.0. The van der Waals surface area contributed by atoms with Gasteiger partial charge in [0, 0.05) is 22.0 Å². The number of carbonyl (C=O) groups excluding carboxylic acids is 1. The van der Waals surface area contributed by atoms with Crippen LogP contribution in [0.2, 0.25) is 0 Å². The normalized spacial score (nSPS) is 11.0. The van der Waals surface area contributed by atoms with Gasteiger partial charge in [-0.2, -0.15) is 0 Å². The van der Waals surface area contributed by atoms with Crippen LogP contribution in [0, 0.1) is 0 Å². The van der Waals surface area contributed by atoms with E-state index in [0.717, 1.165) is 4.24 Å². The lowest BCUT2D eigenvalue weighted by molar-refractivity contribution is -0.110. The maximum absolute atomic E-state index is 11.7. The molecule has 3 nitrogen and oxygen atoms in total. The van der Waals surface area contributed by atoms with Gasteiger partial charge in [-0.25, -0.2) is 0 Å². The molecule has 0 aromatic heterocycles. The largest absolute Gasteiger partial charge is 0.507 e. The molecule has 0 atom stereocenters. The highest BCUT2D eigenvalue weighted by Gasteiger charge is 2.03. The van der Waals surface area contributed by atoms with Gasteiger partial charge in [0.1, 0.15) is 11.5 Å². The molecule has 0 aliphatic rings. The van der Waals surface area contributed by atoms with Gasteiger partial charge in [-0.15, -0.1) is 23.5 Å². The van der Waals surface area contributed by atoms with Crippen LogP contribution in [0.5, 0.6) is 5.75 Å². The number of benzene rings is 1. The molecule has 0 saturated carbocycles. The molecule has 0 heterocycles. The molecule has 0 spiro atoms. The Labute approximate surface area is 121 Å². The van der Waals surface area contributed by atoms with Crippen LogP contribution >= 0.6 is 23.5 Å². The van der Waals surface area contributed by atoms with E-state index in [1.54, 1.807) is 31.4 Å². The second-order valence-corrected chi connectivity index (χ2v) is 5.49. The number of thioether (sulfide) groups is 2. The van der Waals surface area contributed by atoms with Crippen LogP contribution in [0.4, 0.5) is 0 Å². The van der Waals surface area contributed by atoms with Gasteiger partial charge in [0.05, 0.1) is 7.11 Å². The summed E-state index contributed by atoms with van der Waals surface area (Å²) in [7, 11) is 1.57. The second kappa shape index (κ2) is 7.96. The first kappa shape index (κ1) is 15.7. The molecule has 0 aliphatic heterocycles. The third-order valence-corrected chi connectivity index (χ3v) is 4.37. The van der Waals surface area contributed by atoms with Crippen LogP contribution in [0.15, 0.2) is 40.7 Å². The predicted molar refractivity (Wildman–Crippen MR) is 83.7 cm³/mol. The van der Waals surface area contributed by atoms with Crippen molar-refractivity contribution in [2.24, 2.45) is 0 Å². The number of hydrogen-bond donors (Lipinski definition) is 1. The van der Waals surface area contributed by atoms with E-state index in [1.165, 1.54) is 35.7 Å². The highest BCUT2D eigenvalue weighted by atomic mass is 32.2. The maximum atomic E-state index is 11.7. The number of hydrogen-bond acceptors (Lipinski definition) is 5. The maximum Gasteiger partial charge on any atom is 0.183 e. The van der Waals surface area contributed by atoms with Crippen LogP contribution in [-0.4, -0.2) is 30.5 Å². The molecular weight excluding hydrogens is 280 g/mol. The summed E-state index contributed by atoms with van der Waals surface area (Å²) in [5, 5.41) is 9.87. The Bertz CT molecular complexity index is 484. The van der Waals surface area contributed by atoms with Crippen LogP contribution in [0.1, 0.15) is 5.56 Å². The first-order valence-electron chi connectivity index (χ1n) is 5.49. The molecule has 1 N–H and O–H groups in total. The van der Waals surface area contributed by atoms with Gasteiger partial charge in [0.25, 0.3) is 0 Å². The smallest absolute Gasteiger partial charge is 0.183 e. The number of ketones is 1. The van der Waals surface area contributed by atoms with Gasteiger partial charge in [-0.3, -0.25) is 4.79 Å². The minimum atomic E-state index is -0.230. The Morgan fingerprint density at radius 1 is 1.16 bits per heavy atom. The standard InChI is InChI=1S/C14H16O3S2/c1-17-12-6-4-10(5-7-12)13(16)8-11(15)9-14(18-2)19-3/h4-9,16H,1-3H3/b13-8-. The van der Waals surface area contributed by atoms with Crippen molar-refractivity contribution in [3.63, 3.8) is 0 Å². The number of methoxy groups -OCH3 is 1. The summed E-state index contributed by atoms with van der Waals surface area (Å²) in [5.74, 6) is 0.423. The van der Waals surface area contributed by atoms with Gasteiger partial charge in [-0.05, 0) is 36.8 Å². The fraction of sp³-hybridized carbons (Fsp3) is 0.214. The lowest BCUT2D eigenvalue weighted by atomic mass is 10.1. The summed E-state index contributed by atoms with van der Waals surface area (Å²) < 4.78 is 5.93. The molecule has 1 rings (SSSR count). The highest BCUT2D eigenvalue weighted by molar-refractivity contribution is 8.21. The van der Waals surface area contributed by atoms with E-state index in [2.05, 4.69) is 0 Å². The molecular formula is C14H16O3S2. The van der Waals surface area contributed by atoms with Gasteiger partial charge in [-0.1, -0.05) is 0 Å². The van der Waals surface area contributed by atoms with Crippen molar-refractivity contribution in [2.45, 2.75) is 0 Å². The fourth-order valence-electron chi connectivity index (χ4n) is 1.34. The summed E-state index contributed by atoms with van der Waals surface area (Å²) in [6, 6.07) is 6.86. The van der Waals surface area contributed by atoms with E-state index in [9.17, 15) is 9.90 Å². The first-order chi connectivity index (χ1) is 9.10. The van der Waals surface area contributed by atoms with E-state index in [0.29, 0.717) is 11.3 Å². The summed E-state index contributed by atoms with van der Waals surface area (Å²) in [5.41, 5.74) is 0.581. The van der Waals surface area contributed by atoms with Crippen LogP contribution in [0.3, 0.4) is 0 Å². The summed E-state index contributed by atoms with van der Waals surface area (Å²) in [6.07, 6.45) is 6.54. The van der Waals surface area contributed by atoms with Crippen LogP contribution < -0.4 is 4.74 Å². The zero-order chi connectivity index (χ0) is 14.3. The van der Waals surface area contributed by atoms with Crippen LogP contribution in [-0.2, 0) is 4.79 Å². The highest BCUT2D eigenvalue weighted by Crippen LogP contribution is 2.23. The summed E-state index contributed by atoms with van der Waals surface area (Å²) >= 11 is 3.00. The molecule has 0 fully saturated rings. The number of allylic oxidation sites excluding steroid dienone is 2. The Morgan fingerprint density at radius 3 is 2.21 bits per heavy atom. The lowest BCUT2D eigenvalue weighted by Gasteiger charge is -2.02. The molecule has 102 valence electrons. The third kappa shape index (κ3) is 5.04. The molecule has 0 radical (unpaired) electrons. The fourth-order valence-corrected chi connectivity index (χ4v) is 2.47. The number of rotatable bonds is 6. The van der Waals surface area contributed by atoms with E-state index in [4.69, 9.17) is 4.74 Å². The van der Waals surface area contributed by atoms with E-state index < -0.39 is 0 Å². The summed E-state index contributed by atoms with van der Waals surface area (Å²) in [6.45, 7) is 0. The van der Waals surface area contributed by atoms with E-state index >= 15 is 0 Å².